The number of benzene rings is 1. The van der Waals surface area contributed by atoms with E-state index in [-0.39, 0.29) is 5.91 Å². The summed E-state index contributed by atoms with van der Waals surface area (Å²) in [5.41, 5.74) is -0.550. The first-order valence-electron chi connectivity index (χ1n) is 5.83. The molecule has 3 N–H and O–H groups in total. The molecule has 0 saturated carbocycles. The van der Waals surface area contributed by atoms with Gasteiger partial charge >= 0.3 is 12.1 Å². The molecule has 0 saturated heterocycles. The van der Waals surface area contributed by atoms with Crippen LogP contribution in [0.4, 0.5) is 23.2 Å². The van der Waals surface area contributed by atoms with Gasteiger partial charge in [0.1, 0.15) is 0 Å². The Balaban J connectivity index is 0.000000322. The number of hydrogen-bond acceptors (Lipinski definition) is 3. The van der Waals surface area contributed by atoms with E-state index in [2.05, 4.69) is 10.6 Å². The largest absolute Gasteiger partial charge is 0.490 e. The summed E-state index contributed by atoms with van der Waals surface area (Å²) in [6.07, 6.45) is -5.08. The van der Waals surface area contributed by atoms with Crippen molar-refractivity contribution in [1.82, 2.24) is 5.32 Å². The molecule has 126 valence electrons. The van der Waals surface area contributed by atoms with Gasteiger partial charge in [0.2, 0.25) is 0 Å². The quantitative estimate of drug-likeness (QED) is 0.558. The van der Waals surface area contributed by atoms with Gasteiger partial charge in [-0.2, -0.15) is 13.2 Å². The number of carbonyl (C=O) groups is 3. The minimum absolute atomic E-state index is 0.200. The molecule has 1 aliphatic heterocycles. The van der Waals surface area contributed by atoms with Gasteiger partial charge in [0, 0.05) is 23.4 Å². The first kappa shape index (κ1) is 18.7. The highest BCUT2D eigenvalue weighted by atomic mass is 35.5. The average Bonchev–Trinajstić information content (AvgIpc) is 2.81. The van der Waals surface area contributed by atoms with Crippen molar-refractivity contribution in [1.29, 1.82) is 0 Å². The summed E-state index contributed by atoms with van der Waals surface area (Å²) in [4.78, 5) is 31.3. The normalized spacial score (nSPS) is 14.0. The molecule has 1 unspecified atom stereocenters. The highest BCUT2D eigenvalue weighted by molar-refractivity contribution is 6.31. The van der Waals surface area contributed by atoms with Gasteiger partial charge in [-0.05, 0) is 12.1 Å². The molecule has 11 heteroatoms. The number of alkyl halides is 5. The van der Waals surface area contributed by atoms with E-state index in [9.17, 15) is 27.2 Å². The van der Waals surface area contributed by atoms with Crippen molar-refractivity contribution < 1.29 is 37.1 Å². The van der Waals surface area contributed by atoms with Crippen LogP contribution in [-0.2, 0) is 16.1 Å². The van der Waals surface area contributed by atoms with Crippen LogP contribution in [0, 0.1) is 0 Å². The minimum atomic E-state index is -5.08. The Labute approximate surface area is 131 Å². The molecule has 2 amide bonds. The summed E-state index contributed by atoms with van der Waals surface area (Å²) in [7, 11) is 0. The summed E-state index contributed by atoms with van der Waals surface area (Å²) < 4.78 is 44.2. The predicted molar refractivity (Wildman–Crippen MR) is 70.7 cm³/mol. The second-order valence-corrected chi connectivity index (χ2v) is 4.49. The lowest BCUT2D eigenvalue weighted by atomic mass is 10.1. The van der Waals surface area contributed by atoms with Gasteiger partial charge < -0.3 is 15.7 Å². The van der Waals surface area contributed by atoms with E-state index in [0.29, 0.717) is 23.4 Å². The summed E-state index contributed by atoms with van der Waals surface area (Å²) in [5, 5.41) is 12.1. The van der Waals surface area contributed by atoms with Crippen molar-refractivity contribution in [3.63, 3.8) is 0 Å². The molecule has 0 spiro atoms. The van der Waals surface area contributed by atoms with Crippen LogP contribution in [0.5, 0.6) is 0 Å². The Hall–Kier alpha value is -2.36. The molecule has 1 aliphatic rings. The Kier molecular flexibility index (Phi) is 5.91. The number of nitrogens with one attached hydrogen (secondary N) is 2. The molecule has 6 nitrogen and oxygen atoms in total. The fraction of sp³-hybridized carbons (Fsp3) is 0.250. The summed E-state index contributed by atoms with van der Waals surface area (Å²) in [5.74, 6) is -3.89. The van der Waals surface area contributed by atoms with Crippen LogP contribution >= 0.6 is 11.6 Å². The van der Waals surface area contributed by atoms with Gasteiger partial charge in [-0.3, -0.25) is 9.59 Å². The van der Waals surface area contributed by atoms with E-state index in [4.69, 9.17) is 21.5 Å². The summed E-state index contributed by atoms with van der Waals surface area (Å²) in [6.45, 7) is 0.323. The van der Waals surface area contributed by atoms with Crippen molar-refractivity contribution in [3.8, 4) is 0 Å². The van der Waals surface area contributed by atoms with Crippen LogP contribution in [0.25, 0.3) is 0 Å². The molecule has 1 atom stereocenters. The van der Waals surface area contributed by atoms with Crippen molar-refractivity contribution in [2.75, 3.05) is 5.32 Å². The molecule has 0 bridgehead atoms. The van der Waals surface area contributed by atoms with E-state index in [1.807, 2.05) is 0 Å². The zero-order valence-corrected chi connectivity index (χ0v) is 11.8. The lowest BCUT2D eigenvalue weighted by molar-refractivity contribution is -0.192. The first-order chi connectivity index (χ1) is 10.5. The van der Waals surface area contributed by atoms with E-state index in [0.717, 1.165) is 0 Å². The third-order valence-corrected chi connectivity index (χ3v) is 2.74. The smallest absolute Gasteiger partial charge is 0.475 e. The van der Waals surface area contributed by atoms with Crippen LogP contribution < -0.4 is 10.6 Å². The van der Waals surface area contributed by atoms with Crippen molar-refractivity contribution in [2.24, 2.45) is 0 Å². The van der Waals surface area contributed by atoms with Gasteiger partial charge in [-0.25, -0.2) is 9.18 Å². The Morgan fingerprint density at radius 3 is 2.39 bits per heavy atom. The van der Waals surface area contributed by atoms with Crippen molar-refractivity contribution in [3.05, 3.63) is 29.3 Å². The van der Waals surface area contributed by atoms with E-state index < -0.39 is 23.7 Å². The second kappa shape index (κ2) is 7.27. The zero-order valence-electron chi connectivity index (χ0n) is 11.1. The second-order valence-electron chi connectivity index (χ2n) is 4.11. The molecule has 0 aromatic heterocycles. The van der Waals surface area contributed by atoms with E-state index in [1.54, 1.807) is 18.2 Å². The third kappa shape index (κ3) is 5.09. The number of anilines is 1. The maximum Gasteiger partial charge on any atom is 0.490 e. The maximum atomic E-state index is 12.5. The maximum absolute atomic E-state index is 12.5. The number of amides is 2. The number of rotatable bonds is 2. The molecule has 0 fully saturated rings. The number of aliphatic carboxylic acids is 1. The third-order valence-electron chi connectivity index (χ3n) is 2.54. The first-order valence-corrected chi connectivity index (χ1v) is 6.27. The van der Waals surface area contributed by atoms with Gasteiger partial charge in [0.05, 0.1) is 0 Å². The lowest BCUT2D eigenvalue weighted by Gasteiger charge is -2.08. The molecular formula is C12H9ClF4N2O4. The fourth-order valence-electron chi connectivity index (χ4n) is 1.56. The number of carbonyl (C=O) groups excluding carboxylic acids is 2. The van der Waals surface area contributed by atoms with Crippen molar-refractivity contribution >= 4 is 35.1 Å². The van der Waals surface area contributed by atoms with Crippen LogP contribution in [0.1, 0.15) is 15.9 Å². The van der Waals surface area contributed by atoms with Crippen LogP contribution in [0.15, 0.2) is 18.2 Å². The average molecular weight is 357 g/mol. The molecule has 1 aromatic carbocycles. The molecular weight excluding hydrogens is 348 g/mol. The standard InChI is InChI=1S/C10H8ClFN2O2.C2HF3O2/c11-8(12)10(16)14-7-3-1-2-5-6(7)4-13-9(5)15;3-2(4,5)1(6)7/h1-3,8H,4H2,(H,13,15)(H,14,16);(H,6,7). The van der Waals surface area contributed by atoms with Gasteiger partial charge in [0.15, 0.2) is 0 Å². The lowest BCUT2D eigenvalue weighted by Crippen LogP contribution is -2.21. The van der Waals surface area contributed by atoms with E-state index in [1.165, 1.54) is 0 Å². The minimum Gasteiger partial charge on any atom is -0.475 e. The van der Waals surface area contributed by atoms with Crippen LogP contribution in [0.2, 0.25) is 0 Å². The van der Waals surface area contributed by atoms with Crippen LogP contribution in [0.3, 0.4) is 0 Å². The van der Waals surface area contributed by atoms with Crippen molar-refractivity contribution in [2.45, 2.75) is 18.4 Å². The van der Waals surface area contributed by atoms with Gasteiger partial charge in [-0.15, -0.1) is 0 Å². The molecule has 0 radical (unpaired) electrons. The summed E-state index contributed by atoms with van der Waals surface area (Å²) >= 11 is 5.00. The number of carboxylic acids is 1. The Bertz CT molecular complexity index is 634. The highest BCUT2D eigenvalue weighted by Gasteiger charge is 2.38. The Morgan fingerprint density at radius 2 is 1.91 bits per heavy atom. The number of carboxylic acid groups (broad SMARTS) is 1. The number of hydrogen-bond donors (Lipinski definition) is 3. The number of fused-ring (bicyclic) bond motifs is 1. The SMILES string of the molecule is O=C(O)C(F)(F)F.O=C1NCc2c(NC(=O)C(F)Cl)cccc21. The highest BCUT2D eigenvalue weighted by Crippen LogP contribution is 2.24. The number of halogens is 5. The fourth-order valence-corrected chi connectivity index (χ4v) is 1.61. The molecule has 2 rings (SSSR count). The zero-order chi connectivity index (χ0) is 17.8. The molecule has 0 aliphatic carbocycles. The topological polar surface area (TPSA) is 95.5 Å². The summed E-state index contributed by atoms with van der Waals surface area (Å²) in [6, 6.07) is 4.85. The molecule has 1 heterocycles. The van der Waals surface area contributed by atoms with Gasteiger partial charge in [0.25, 0.3) is 17.4 Å². The molecule has 1 aromatic rings. The monoisotopic (exact) mass is 356 g/mol. The van der Waals surface area contributed by atoms with Crippen LogP contribution in [-0.4, -0.2) is 34.7 Å². The van der Waals surface area contributed by atoms with E-state index >= 15 is 0 Å². The van der Waals surface area contributed by atoms with Gasteiger partial charge in [-0.1, -0.05) is 17.7 Å². The molecule has 23 heavy (non-hydrogen) atoms. The Morgan fingerprint density at radius 1 is 1.35 bits per heavy atom. The predicted octanol–water partition coefficient (Wildman–Crippen LogP) is 2.04.